The van der Waals surface area contributed by atoms with Crippen LogP contribution in [0.4, 0.5) is 0 Å². The molecule has 1 atom stereocenters. The monoisotopic (exact) mass is 179 g/mol. The summed E-state index contributed by atoms with van der Waals surface area (Å²) in [7, 11) is 0. The molecule has 2 N–H and O–H groups in total. The van der Waals surface area contributed by atoms with E-state index in [0.29, 0.717) is 5.92 Å². The number of fused-ring (bicyclic) bond motifs is 1. The van der Waals surface area contributed by atoms with Crippen LogP contribution >= 0.6 is 0 Å². The summed E-state index contributed by atoms with van der Waals surface area (Å²) in [5, 5.41) is 0. The highest BCUT2D eigenvalue weighted by Crippen LogP contribution is 2.32. The Morgan fingerprint density at radius 2 is 2.31 bits per heavy atom. The number of hydrogen-bond acceptors (Lipinski definition) is 2. The molecule has 1 aliphatic carbocycles. The molecule has 0 aliphatic heterocycles. The summed E-state index contributed by atoms with van der Waals surface area (Å²) in [5.41, 5.74) is 7.30. The van der Waals surface area contributed by atoms with Crippen molar-refractivity contribution in [1.29, 1.82) is 0 Å². The van der Waals surface area contributed by atoms with E-state index in [0.717, 1.165) is 24.4 Å². The van der Waals surface area contributed by atoms with Crippen LogP contribution in [0.3, 0.4) is 0 Å². The molecule has 0 saturated heterocycles. The second kappa shape index (κ2) is 3.18. The number of rotatable bonds is 1. The lowest BCUT2D eigenvalue weighted by atomic mass is 9.94. The molecule has 2 rings (SSSR count). The van der Waals surface area contributed by atoms with Crippen LogP contribution < -0.4 is 5.73 Å². The lowest BCUT2D eigenvalue weighted by Gasteiger charge is -2.15. The zero-order valence-electron chi connectivity index (χ0n) is 8.34. The van der Waals surface area contributed by atoms with Crippen molar-refractivity contribution in [3.05, 3.63) is 23.2 Å². The molecular formula is C11H17NO. The maximum absolute atomic E-state index is 5.97. The Labute approximate surface area is 79.1 Å². The van der Waals surface area contributed by atoms with E-state index in [1.807, 2.05) is 0 Å². The molecule has 2 heteroatoms. The van der Waals surface area contributed by atoms with Crippen LogP contribution in [0.25, 0.3) is 0 Å². The molecule has 1 aromatic heterocycles. The lowest BCUT2D eigenvalue weighted by Crippen LogP contribution is -2.15. The van der Waals surface area contributed by atoms with E-state index in [4.69, 9.17) is 10.2 Å². The van der Waals surface area contributed by atoms with Gasteiger partial charge in [0.25, 0.3) is 0 Å². The van der Waals surface area contributed by atoms with E-state index in [1.54, 1.807) is 0 Å². The minimum absolute atomic E-state index is 0.135. The first-order chi connectivity index (χ1) is 6.18. The quantitative estimate of drug-likeness (QED) is 0.720. The van der Waals surface area contributed by atoms with Gasteiger partial charge in [0.15, 0.2) is 0 Å². The minimum atomic E-state index is 0.135. The average molecular weight is 179 g/mol. The first-order valence-electron chi connectivity index (χ1n) is 5.06. The first-order valence-corrected chi connectivity index (χ1v) is 5.06. The van der Waals surface area contributed by atoms with Gasteiger partial charge in [-0.3, -0.25) is 0 Å². The van der Waals surface area contributed by atoms with Crippen molar-refractivity contribution in [2.45, 2.75) is 45.1 Å². The average Bonchev–Trinajstić information content (AvgIpc) is 2.49. The van der Waals surface area contributed by atoms with Gasteiger partial charge in [-0.1, -0.05) is 13.8 Å². The number of aryl methyl sites for hydroxylation is 1. The summed E-state index contributed by atoms with van der Waals surface area (Å²) >= 11 is 0. The molecule has 2 nitrogen and oxygen atoms in total. The Balaban J connectivity index is 2.36. The second-order valence-corrected chi connectivity index (χ2v) is 4.19. The van der Waals surface area contributed by atoms with Crippen molar-refractivity contribution < 1.29 is 4.42 Å². The molecular weight excluding hydrogens is 162 g/mol. The zero-order valence-corrected chi connectivity index (χ0v) is 8.34. The molecule has 0 amide bonds. The number of furan rings is 1. The summed E-state index contributed by atoms with van der Waals surface area (Å²) in [4.78, 5) is 0. The standard InChI is InChI=1S/C11H17NO/c1-7(2)10-6-8-4-3-5-9(12)11(8)13-10/h6-7,9H,3-5,12H2,1-2H3. The predicted octanol–water partition coefficient (Wildman–Crippen LogP) is 2.74. The summed E-state index contributed by atoms with van der Waals surface area (Å²) in [6.45, 7) is 4.30. The fraction of sp³-hybridized carbons (Fsp3) is 0.636. The first kappa shape index (κ1) is 8.82. The topological polar surface area (TPSA) is 39.2 Å². The van der Waals surface area contributed by atoms with E-state index in [9.17, 15) is 0 Å². The van der Waals surface area contributed by atoms with Gasteiger partial charge in [-0.05, 0) is 30.9 Å². The zero-order chi connectivity index (χ0) is 9.42. The van der Waals surface area contributed by atoms with E-state index in [2.05, 4.69) is 19.9 Å². The molecule has 1 unspecified atom stereocenters. The highest BCUT2D eigenvalue weighted by Gasteiger charge is 2.22. The molecule has 0 radical (unpaired) electrons. The third-order valence-electron chi connectivity index (χ3n) is 2.73. The molecule has 1 aromatic rings. The van der Waals surface area contributed by atoms with Crippen LogP contribution in [0.2, 0.25) is 0 Å². The van der Waals surface area contributed by atoms with Crippen LogP contribution in [-0.2, 0) is 6.42 Å². The van der Waals surface area contributed by atoms with Crippen molar-refractivity contribution in [2.24, 2.45) is 5.73 Å². The normalized spacial score (nSPS) is 22.0. The van der Waals surface area contributed by atoms with Crippen LogP contribution in [0.5, 0.6) is 0 Å². The van der Waals surface area contributed by atoms with Gasteiger partial charge in [0.05, 0.1) is 6.04 Å². The second-order valence-electron chi connectivity index (χ2n) is 4.19. The van der Waals surface area contributed by atoms with Gasteiger partial charge in [-0.25, -0.2) is 0 Å². The minimum Gasteiger partial charge on any atom is -0.464 e. The van der Waals surface area contributed by atoms with E-state index < -0.39 is 0 Å². The Morgan fingerprint density at radius 1 is 1.54 bits per heavy atom. The third kappa shape index (κ3) is 1.51. The van der Waals surface area contributed by atoms with Crippen molar-refractivity contribution in [2.75, 3.05) is 0 Å². The molecule has 0 spiro atoms. The maximum Gasteiger partial charge on any atom is 0.124 e. The fourth-order valence-electron chi connectivity index (χ4n) is 1.90. The largest absolute Gasteiger partial charge is 0.464 e. The summed E-state index contributed by atoms with van der Waals surface area (Å²) < 4.78 is 5.75. The Hall–Kier alpha value is -0.760. The van der Waals surface area contributed by atoms with Gasteiger partial charge < -0.3 is 10.2 Å². The Kier molecular flexibility index (Phi) is 2.16. The van der Waals surface area contributed by atoms with Crippen LogP contribution in [-0.4, -0.2) is 0 Å². The van der Waals surface area contributed by atoms with E-state index in [-0.39, 0.29) is 6.04 Å². The fourth-order valence-corrected chi connectivity index (χ4v) is 1.90. The Morgan fingerprint density at radius 3 is 2.92 bits per heavy atom. The van der Waals surface area contributed by atoms with Crippen LogP contribution in [0.1, 0.15) is 55.7 Å². The highest BCUT2D eigenvalue weighted by atomic mass is 16.3. The van der Waals surface area contributed by atoms with Gasteiger partial charge in [-0.2, -0.15) is 0 Å². The molecule has 0 saturated carbocycles. The third-order valence-corrected chi connectivity index (χ3v) is 2.73. The van der Waals surface area contributed by atoms with Crippen LogP contribution in [0.15, 0.2) is 10.5 Å². The molecule has 0 fully saturated rings. The summed E-state index contributed by atoms with van der Waals surface area (Å²) in [5.74, 6) is 2.59. The van der Waals surface area contributed by atoms with E-state index in [1.165, 1.54) is 12.0 Å². The van der Waals surface area contributed by atoms with Gasteiger partial charge in [0.1, 0.15) is 11.5 Å². The maximum atomic E-state index is 5.97. The smallest absolute Gasteiger partial charge is 0.124 e. The summed E-state index contributed by atoms with van der Waals surface area (Å²) in [6, 6.07) is 2.31. The molecule has 0 bridgehead atoms. The molecule has 0 aromatic carbocycles. The van der Waals surface area contributed by atoms with E-state index >= 15 is 0 Å². The molecule has 72 valence electrons. The van der Waals surface area contributed by atoms with Gasteiger partial charge >= 0.3 is 0 Å². The van der Waals surface area contributed by atoms with Gasteiger partial charge in [0.2, 0.25) is 0 Å². The Bertz CT molecular complexity index is 301. The van der Waals surface area contributed by atoms with Crippen molar-refractivity contribution in [3.63, 3.8) is 0 Å². The van der Waals surface area contributed by atoms with Crippen molar-refractivity contribution in [1.82, 2.24) is 0 Å². The summed E-state index contributed by atoms with van der Waals surface area (Å²) in [6.07, 6.45) is 3.41. The molecule has 1 aliphatic rings. The van der Waals surface area contributed by atoms with Crippen molar-refractivity contribution >= 4 is 0 Å². The predicted molar refractivity (Wildman–Crippen MR) is 52.7 cm³/mol. The SMILES string of the molecule is CC(C)c1cc2c(o1)C(N)CCC2. The van der Waals surface area contributed by atoms with Crippen LogP contribution in [0, 0.1) is 0 Å². The highest BCUT2D eigenvalue weighted by molar-refractivity contribution is 5.27. The molecule has 1 heterocycles. The van der Waals surface area contributed by atoms with Crippen molar-refractivity contribution in [3.8, 4) is 0 Å². The number of hydrogen-bond donors (Lipinski definition) is 1. The van der Waals surface area contributed by atoms with Gasteiger partial charge in [-0.15, -0.1) is 0 Å². The number of nitrogens with two attached hydrogens (primary N) is 1. The molecule has 13 heavy (non-hydrogen) atoms. The lowest BCUT2D eigenvalue weighted by molar-refractivity contribution is 0.391. The van der Waals surface area contributed by atoms with Gasteiger partial charge in [0, 0.05) is 5.92 Å².